The van der Waals surface area contributed by atoms with Gasteiger partial charge in [0.1, 0.15) is 0 Å². The zero-order chi connectivity index (χ0) is 11.9. The number of benzene rings is 1. The van der Waals surface area contributed by atoms with Gasteiger partial charge in [-0.3, -0.25) is 0 Å². The number of nitrogens with one attached hydrogen (secondary N) is 1. The highest BCUT2D eigenvalue weighted by atomic mass is 32.2. The van der Waals surface area contributed by atoms with Gasteiger partial charge in [0.2, 0.25) is 0 Å². The summed E-state index contributed by atoms with van der Waals surface area (Å²) in [6.45, 7) is 0.983. The van der Waals surface area contributed by atoms with Crippen LogP contribution in [0.5, 0.6) is 0 Å². The summed E-state index contributed by atoms with van der Waals surface area (Å²) in [5.74, 6) is 0. The van der Waals surface area contributed by atoms with Crippen LogP contribution in [0.25, 0.3) is 6.08 Å². The van der Waals surface area contributed by atoms with Gasteiger partial charge in [-0.1, -0.05) is 48.9 Å². The van der Waals surface area contributed by atoms with Gasteiger partial charge in [0.25, 0.3) is 0 Å². The van der Waals surface area contributed by atoms with Crippen molar-refractivity contribution in [2.45, 2.75) is 30.6 Å². The first kappa shape index (κ1) is 12.7. The van der Waals surface area contributed by atoms with E-state index in [1.165, 1.54) is 24.8 Å². The highest BCUT2D eigenvalue weighted by Gasteiger charge is 2.25. The van der Waals surface area contributed by atoms with E-state index in [0.717, 1.165) is 11.8 Å². The van der Waals surface area contributed by atoms with Crippen molar-refractivity contribution in [3.05, 3.63) is 42.0 Å². The SMILES string of the molecule is CSC1CCCC1NC/C=C/c1ccccc1. The minimum atomic E-state index is 0.713. The van der Waals surface area contributed by atoms with E-state index in [2.05, 4.69) is 54.1 Å². The molecule has 92 valence electrons. The molecule has 0 radical (unpaired) electrons. The molecule has 0 bridgehead atoms. The molecule has 0 aliphatic heterocycles. The molecule has 1 fully saturated rings. The Morgan fingerprint density at radius 2 is 2.12 bits per heavy atom. The lowest BCUT2D eigenvalue weighted by Gasteiger charge is -2.17. The average Bonchev–Trinajstić information content (AvgIpc) is 2.83. The van der Waals surface area contributed by atoms with Crippen LogP contribution in [0.15, 0.2) is 36.4 Å². The normalized spacial score (nSPS) is 24.5. The van der Waals surface area contributed by atoms with Gasteiger partial charge in [0, 0.05) is 17.8 Å². The van der Waals surface area contributed by atoms with Gasteiger partial charge < -0.3 is 5.32 Å². The summed E-state index contributed by atoms with van der Waals surface area (Å²) in [7, 11) is 0. The van der Waals surface area contributed by atoms with Gasteiger partial charge >= 0.3 is 0 Å². The average molecular weight is 247 g/mol. The fraction of sp³-hybridized carbons (Fsp3) is 0.467. The third-order valence-electron chi connectivity index (χ3n) is 3.36. The Morgan fingerprint density at radius 1 is 1.29 bits per heavy atom. The smallest absolute Gasteiger partial charge is 0.0198 e. The maximum absolute atomic E-state index is 3.65. The van der Waals surface area contributed by atoms with E-state index in [-0.39, 0.29) is 0 Å². The topological polar surface area (TPSA) is 12.0 Å². The van der Waals surface area contributed by atoms with Crippen LogP contribution in [0.1, 0.15) is 24.8 Å². The molecule has 2 heteroatoms. The Kier molecular flexibility index (Phi) is 5.14. The van der Waals surface area contributed by atoms with Crippen molar-refractivity contribution in [1.82, 2.24) is 5.32 Å². The molecular formula is C15H21NS. The van der Waals surface area contributed by atoms with Gasteiger partial charge in [-0.15, -0.1) is 0 Å². The second-order valence-corrected chi connectivity index (χ2v) is 5.61. The van der Waals surface area contributed by atoms with E-state index in [4.69, 9.17) is 0 Å². The predicted octanol–water partition coefficient (Wildman–Crippen LogP) is 3.57. The Labute approximate surface area is 109 Å². The second kappa shape index (κ2) is 6.87. The molecular weight excluding hydrogens is 226 g/mol. The Bertz CT molecular complexity index is 347. The maximum atomic E-state index is 3.65. The third-order valence-corrected chi connectivity index (χ3v) is 4.53. The van der Waals surface area contributed by atoms with Gasteiger partial charge in [0.15, 0.2) is 0 Å². The second-order valence-electron chi connectivity index (χ2n) is 4.53. The summed E-state index contributed by atoms with van der Waals surface area (Å²) in [5, 5.41) is 4.46. The first-order valence-corrected chi connectivity index (χ1v) is 7.66. The first-order valence-electron chi connectivity index (χ1n) is 6.38. The van der Waals surface area contributed by atoms with E-state index < -0.39 is 0 Å². The zero-order valence-corrected chi connectivity index (χ0v) is 11.2. The quantitative estimate of drug-likeness (QED) is 0.853. The highest BCUT2D eigenvalue weighted by Crippen LogP contribution is 2.28. The number of rotatable bonds is 5. The van der Waals surface area contributed by atoms with E-state index >= 15 is 0 Å². The molecule has 1 nitrogen and oxygen atoms in total. The molecule has 0 spiro atoms. The van der Waals surface area contributed by atoms with Crippen LogP contribution in [0.2, 0.25) is 0 Å². The fourth-order valence-corrected chi connectivity index (χ4v) is 3.38. The molecule has 2 unspecified atom stereocenters. The van der Waals surface area contributed by atoms with Crippen molar-refractivity contribution in [2.24, 2.45) is 0 Å². The van der Waals surface area contributed by atoms with E-state index in [9.17, 15) is 0 Å². The van der Waals surface area contributed by atoms with Crippen molar-refractivity contribution in [3.8, 4) is 0 Å². The summed E-state index contributed by atoms with van der Waals surface area (Å²) < 4.78 is 0. The van der Waals surface area contributed by atoms with E-state index in [0.29, 0.717) is 6.04 Å². The number of hydrogen-bond donors (Lipinski definition) is 1. The molecule has 1 aliphatic rings. The molecule has 1 saturated carbocycles. The zero-order valence-electron chi connectivity index (χ0n) is 10.4. The molecule has 1 aromatic rings. The van der Waals surface area contributed by atoms with Crippen molar-refractivity contribution >= 4 is 17.8 Å². The van der Waals surface area contributed by atoms with Crippen molar-refractivity contribution in [3.63, 3.8) is 0 Å². The molecule has 0 heterocycles. The standard InChI is InChI=1S/C15H21NS/c1-17-15-11-5-10-14(15)16-12-6-9-13-7-3-2-4-8-13/h2-4,6-9,14-16H,5,10-12H2,1H3/b9-6+. The van der Waals surface area contributed by atoms with Crippen LogP contribution in [-0.4, -0.2) is 24.1 Å². The molecule has 1 aromatic carbocycles. The molecule has 2 atom stereocenters. The van der Waals surface area contributed by atoms with Crippen molar-refractivity contribution in [1.29, 1.82) is 0 Å². The summed E-state index contributed by atoms with van der Waals surface area (Å²) in [6.07, 6.45) is 10.7. The number of hydrogen-bond acceptors (Lipinski definition) is 2. The summed E-state index contributed by atoms with van der Waals surface area (Å²) in [5.41, 5.74) is 1.28. The van der Waals surface area contributed by atoms with E-state index in [1.807, 2.05) is 11.8 Å². The maximum Gasteiger partial charge on any atom is 0.0198 e. The van der Waals surface area contributed by atoms with Gasteiger partial charge in [-0.25, -0.2) is 0 Å². The van der Waals surface area contributed by atoms with Gasteiger partial charge in [0.05, 0.1) is 0 Å². The monoisotopic (exact) mass is 247 g/mol. The van der Waals surface area contributed by atoms with Gasteiger partial charge in [-0.05, 0) is 24.7 Å². The van der Waals surface area contributed by atoms with E-state index in [1.54, 1.807) is 0 Å². The molecule has 1 aliphatic carbocycles. The molecule has 0 saturated heterocycles. The Balaban J connectivity index is 1.74. The van der Waals surface area contributed by atoms with Crippen LogP contribution < -0.4 is 5.32 Å². The minimum absolute atomic E-state index is 0.713. The number of thioether (sulfide) groups is 1. The van der Waals surface area contributed by atoms with Gasteiger partial charge in [-0.2, -0.15) is 11.8 Å². The Hall–Kier alpha value is -0.730. The molecule has 0 amide bonds. The van der Waals surface area contributed by atoms with Crippen LogP contribution in [-0.2, 0) is 0 Å². The summed E-state index contributed by atoms with van der Waals surface area (Å²) >= 11 is 2.01. The minimum Gasteiger partial charge on any atom is -0.309 e. The van der Waals surface area contributed by atoms with Crippen molar-refractivity contribution < 1.29 is 0 Å². The summed E-state index contributed by atoms with van der Waals surface area (Å²) in [6, 6.07) is 11.2. The first-order chi connectivity index (χ1) is 8.40. The van der Waals surface area contributed by atoms with Crippen LogP contribution >= 0.6 is 11.8 Å². The van der Waals surface area contributed by atoms with Crippen LogP contribution in [0.4, 0.5) is 0 Å². The molecule has 0 aromatic heterocycles. The largest absolute Gasteiger partial charge is 0.309 e. The lowest BCUT2D eigenvalue weighted by Crippen LogP contribution is -2.33. The summed E-state index contributed by atoms with van der Waals surface area (Å²) in [4.78, 5) is 0. The lowest BCUT2D eigenvalue weighted by atomic mass is 10.2. The molecule has 17 heavy (non-hydrogen) atoms. The van der Waals surface area contributed by atoms with Crippen molar-refractivity contribution in [2.75, 3.05) is 12.8 Å². The van der Waals surface area contributed by atoms with Crippen LogP contribution in [0, 0.1) is 0 Å². The fourth-order valence-electron chi connectivity index (χ4n) is 2.42. The highest BCUT2D eigenvalue weighted by molar-refractivity contribution is 7.99. The molecule has 1 N–H and O–H groups in total. The lowest BCUT2D eigenvalue weighted by molar-refractivity contribution is 0.566. The third kappa shape index (κ3) is 3.90. The Morgan fingerprint density at radius 3 is 2.88 bits per heavy atom. The molecule has 2 rings (SSSR count). The predicted molar refractivity (Wildman–Crippen MR) is 78.4 cm³/mol. The van der Waals surface area contributed by atoms with Crippen LogP contribution in [0.3, 0.4) is 0 Å².